The Morgan fingerprint density at radius 2 is 2.00 bits per heavy atom. The zero-order valence-corrected chi connectivity index (χ0v) is 12.9. The molecule has 1 fully saturated rings. The van der Waals surface area contributed by atoms with E-state index in [0.717, 1.165) is 19.3 Å². The number of sulfonamides is 1. The molecule has 0 radical (unpaired) electrons. The molecule has 0 heterocycles. The number of hydrogen-bond acceptors (Lipinski definition) is 3. The van der Waals surface area contributed by atoms with Gasteiger partial charge in [0, 0.05) is 17.1 Å². The Morgan fingerprint density at radius 1 is 1.37 bits per heavy atom. The molecule has 0 aromatic heterocycles. The van der Waals surface area contributed by atoms with Crippen molar-refractivity contribution in [3.63, 3.8) is 0 Å². The van der Waals surface area contributed by atoms with E-state index in [1.54, 1.807) is 6.07 Å². The molecule has 0 bridgehead atoms. The third-order valence-corrected chi connectivity index (χ3v) is 5.87. The summed E-state index contributed by atoms with van der Waals surface area (Å²) in [5.74, 6) is 0. The van der Waals surface area contributed by atoms with Gasteiger partial charge in [-0.3, -0.25) is 0 Å². The van der Waals surface area contributed by atoms with Crippen molar-refractivity contribution in [2.45, 2.75) is 43.2 Å². The van der Waals surface area contributed by atoms with Crippen LogP contribution >= 0.6 is 23.2 Å². The van der Waals surface area contributed by atoms with Crippen LogP contribution in [-0.2, 0) is 16.6 Å². The van der Waals surface area contributed by atoms with Gasteiger partial charge < -0.3 is 5.73 Å². The first-order valence-corrected chi connectivity index (χ1v) is 8.23. The summed E-state index contributed by atoms with van der Waals surface area (Å²) < 4.78 is 27.5. The van der Waals surface area contributed by atoms with Crippen molar-refractivity contribution >= 4 is 33.2 Å². The molecule has 0 atom stereocenters. The van der Waals surface area contributed by atoms with E-state index in [1.165, 1.54) is 6.07 Å². The summed E-state index contributed by atoms with van der Waals surface area (Å²) >= 11 is 12.0. The summed E-state index contributed by atoms with van der Waals surface area (Å²) in [6.45, 7) is 2.02. The van der Waals surface area contributed by atoms with E-state index in [0.29, 0.717) is 10.6 Å². The number of nitrogens with one attached hydrogen (secondary N) is 1. The summed E-state index contributed by atoms with van der Waals surface area (Å²) in [5.41, 5.74) is 5.68. The smallest absolute Gasteiger partial charge is 0.242 e. The minimum absolute atomic E-state index is 0.00441. The molecule has 0 amide bonds. The van der Waals surface area contributed by atoms with E-state index in [9.17, 15) is 8.42 Å². The monoisotopic (exact) mass is 322 g/mol. The second kappa shape index (κ2) is 5.22. The quantitative estimate of drug-likeness (QED) is 0.895. The summed E-state index contributed by atoms with van der Waals surface area (Å²) in [5, 5.41) is 0.450. The van der Waals surface area contributed by atoms with Crippen molar-refractivity contribution in [1.82, 2.24) is 4.72 Å². The third kappa shape index (κ3) is 3.06. The molecule has 0 unspecified atom stereocenters. The lowest BCUT2D eigenvalue weighted by Gasteiger charge is -2.38. The van der Waals surface area contributed by atoms with Gasteiger partial charge in [0.2, 0.25) is 10.0 Å². The van der Waals surface area contributed by atoms with Crippen LogP contribution < -0.4 is 10.5 Å². The highest BCUT2D eigenvalue weighted by Gasteiger charge is 2.37. The predicted molar refractivity (Wildman–Crippen MR) is 76.9 cm³/mol. The van der Waals surface area contributed by atoms with Crippen molar-refractivity contribution < 1.29 is 8.42 Å². The van der Waals surface area contributed by atoms with Gasteiger partial charge in [-0.2, -0.15) is 0 Å². The summed E-state index contributed by atoms with van der Waals surface area (Å²) in [6, 6.07) is 2.93. The van der Waals surface area contributed by atoms with Gasteiger partial charge in [0.15, 0.2) is 0 Å². The zero-order chi connectivity index (χ0) is 14.3. The first kappa shape index (κ1) is 15.1. The first-order valence-electron chi connectivity index (χ1n) is 5.99. The van der Waals surface area contributed by atoms with E-state index in [-0.39, 0.29) is 22.0 Å². The van der Waals surface area contributed by atoms with E-state index in [2.05, 4.69) is 4.72 Å². The molecule has 3 N–H and O–H groups in total. The second-order valence-corrected chi connectivity index (χ2v) is 7.57. The van der Waals surface area contributed by atoms with Crippen LogP contribution in [0.15, 0.2) is 17.0 Å². The molecule has 4 nitrogen and oxygen atoms in total. The van der Waals surface area contributed by atoms with Crippen molar-refractivity contribution in [1.29, 1.82) is 0 Å². The zero-order valence-electron chi connectivity index (χ0n) is 10.5. The van der Waals surface area contributed by atoms with Crippen LogP contribution in [0.4, 0.5) is 0 Å². The second-order valence-electron chi connectivity index (χ2n) is 5.10. The summed E-state index contributed by atoms with van der Waals surface area (Å²) in [7, 11) is -3.69. The molecule has 0 spiro atoms. The van der Waals surface area contributed by atoms with Gasteiger partial charge in [0.1, 0.15) is 4.90 Å². The van der Waals surface area contributed by atoms with Gasteiger partial charge in [-0.15, -0.1) is 0 Å². The number of nitrogens with two attached hydrogens (primary N) is 1. The molecule has 2 rings (SSSR count). The molecule has 1 aromatic carbocycles. The fourth-order valence-electron chi connectivity index (χ4n) is 2.15. The molecule has 1 aliphatic rings. The molecular formula is C12H16Cl2N2O2S. The normalized spacial score (nSPS) is 18.1. The maximum Gasteiger partial charge on any atom is 0.242 e. The van der Waals surface area contributed by atoms with E-state index < -0.39 is 10.0 Å². The molecule has 19 heavy (non-hydrogen) atoms. The van der Waals surface area contributed by atoms with Gasteiger partial charge in [-0.05, 0) is 43.9 Å². The average molecular weight is 323 g/mol. The maximum atomic E-state index is 12.4. The van der Waals surface area contributed by atoms with Gasteiger partial charge in [-0.1, -0.05) is 23.2 Å². The lowest BCUT2D eigenvalue weighted by molar-refractivity contribution is 0.248. The Hall–Kier alpha value is -0.330. The number of rotatable bonds is 4. The van der Waals surface area contributed by atoms with Crippen LogP contribution in [0.5, 0.6) is 0 Å². The van der Waals surface area contributed by atoms with Crippen LogP contribution in [0.3, 0.4) is 0 Å². The van der Waals surface area contributed by atoms with Gasteiger partial charge in [0.25, 0.3) is 0 Å². The minimum atomic E-state index is -3.69. The van der Waals surface area contributed by atoms with Crippen molar-refractivity contribution in [3.8, 4) is 0 Å². The summed E-state index contributed by atoms with van der Waals surface area (Å²) in [4.78, 5) is -0.00441. The van der Waals surface area contributed by atoms with Crippen LogP contribution in [0.1, 0.15) is 31.7 Å². The van der Waals surface area contributed by atoms with Crippen LogP contribution in [0.25, 0.3) is 0 Å². The minimum Gasteiger partial charge on any atom is -0.326 e. The highest BCUT2D eigenvalue weighted by atomic mass is 35.5. The lowest BCUT2D eigenvalue weighted by Crippen LogP contribution is -2.50. The van der Waals surface area contributed by atoms with Crippen LogP contribution in [0.2, 0.25) is 10.0 Å². The van der Waals surface area contributed by atoms with Crippen molar-refractivity contribution in [2.75, 3.05) is 0 Å². The van der Waals surface area contributed by atoms with Crippen LogP contribution in [0, 0.1) is 0 Å². The number of benzene rings is 1. The fourth-order valence-corrected chi connectivity index (χ4v) is 4.56. The standard InChI is InChI=1S/C12H16Cl2N2O2S/c1-12(3-2-4-12)16-19(17,18)10-6-9(13)5-8(7-15)11(10)14/h5-6,16H,2-4,7,15H2,1H3. The van der Waals surface area contributed by atoms with E-state index in [4.69, 9.17) is 28.9 Å². The highest BCUT2D eigenvalue weighted by Crippen LogP contribution is 2.35. The third-order valence-electron chi connectivity index (χ3n) is 3.43. The topological polar surface area (TPSA) is 72.2 Å². The van der Waals surface area contributed by atoms with Gasteiger partial charge >= 0.3 is 0 Å². The molecule has 0 aliphatic heterocycles. The molecular weight excluding hydrogens is 307 g/mol. The molecule has 1 saturated carbocycles. The summed E-state index contributed by atoms with van der Waals surface area (Å²) in [6.07, 6.45) is 2.68. The largest absolute Gasteiger partial charge is 0.326 e. The lowest BCUT2D eigenvalue weighted by atomic mass is 9.80. The SMILES string of the molecule is CC1(NS(=O)(=O)c2cc(Cl)cc(CN)c2Cl)CCC1. The molecule has 106 valence electrons. The molecule has 1 aromatic rings. The van der Waals surface area contributed by atoms with Crippen molar-refractivity contribution in [2.24, 2.45) is 5.73 Å². The molecule has 0 saturated heterocycles. The Morgan fingerprint density at radius 3 is 2.47 bits per heavy atom. The fraction of sp³-hybridized carbons (Fsp3) is 0.500. The van der Waals surface area contributed by atoms with E-state index in [1.807, 2.05) is 6.92 Å². The average Bonchev–Trinajstić information content (AvgIpc) is 2.29. The molecule has 1 aliphatic carbocycles. The number of hydrogen-bond donors (Lipinski definition) is 2. The Balaban J connectivity index is 2.42. The Bertz CT molecular complexity index is 598. The van der Waals surface area contributed by atoms with E-state index >= 15 is 0 Å². The van der Waals surface area contributed by atoms with Gasteiger partial charge in [0.05, 0.1) is 5.02 Å². The Kier molecular flexibility index (Phi) is 4.14. The predicted octanol–water partition coefficient (Wildman–Crippen LogP) is 2.67. The van der Waals surface area contributed by atoms with Gasteiger partial charge in [-0.25, -0.2) is 13.1 Å². The number of halogens is 2. The van der Waals surface area contributed by atoms with Crippen molar-refractivity contribution in [3.05, 3.63) is 27.7 Å². The maximum absolute atomic E-state index is 12.4. The highest BCUT2D eigenvalue weighted by molar-refractivity contribution is 7.89. The Labute approximate surface area is 123 Å². The molecule has 7 heteroatoms. The van der Waals surface area contributed by atoms with Crippen LogP contribution in [-0.4, -0.2) is 14.0 Å². The first-order chi connectivity index (χ1) is 8.77.